The average molecular weight is 329 g/mol. The van der Waals surface area contributed by atoms with E-state index in [2.05, 4.69) is 4.98 Å². The van der Waals surface area contributed by atoms with Gasteiger partial charge in [-0.15, -0.1) is 0 Å². The lowest BCUT2D eigenvalue weighted by atomic mass is 9.74. The van der Waals surface area contributed by atoms with Crippen molar-refractivity contribution in [2.75, 3.05) is 26.3 Å². The van der Waals surface area contributed by atoms with Crippen LogP contribution in [0.15, 0.2) is 22.6 Å². The number of nitrogens with zero attached hydrogens (tertiary/aromatic N) is 2. The Labute approximate surface area is 138 Å². The number of aromatic nitrogens is 1. The Morgan fingerprint density at radius 3 is 3.00 bits per heavy atom. The molecule has 0 saturated carbocycles. The highest BCUT2D eigenvalue weighted by Crippen LogP contribution is 2.42. The van der Waals surface area contributed by atoms with Crippen molar-refractivity contribution >= 4 is 22.9 Å². The molecule has 7 nitrogen and oxygen atoms in total. The highest BCUT2D eigenvalue weighted by atomic mass is 16.5. The van der Waals surface area contributed by atoms with Gasteiger partial charge in [0.1, 0.15) is 5.52 Å². The third-order valence-corrected chi connectivity index (χ3v) is 5.23. The van der Waals surface area contributed by atoms with Crippen LogP contribution in [0.5, 0.6) is 0 Å². The summed E-state index contributed by atoms with van der Waals surface area (Å²) in [5, 5.41) is 0. The van der Waals surface area contributed by atoms with Crippen LogP contribution in [0.3, 0.4) is 0 Å². The first-order valence-corrected chi connectivity index (χ1v) is 8.04. The molecule has 2 fully saturated rings. The van der Waals surface area contributed by atoms with E-state index in [1.54, 1.807) is 30.0 Å². The number of carbonyl (C=O) groups is 2. The van der Waals surface area contributed by atoms with Crippen LogP contribution in [-0.4, -0.2) is 48.0 Å². The highest BCUT2D eigenvalue weighted by molar-refractivity contribution is 5.98. The molecule has 0 radical (unpaired) electrons. The second-order valence-electron chi connectivity index (χ2n) is 6.64. The van der Waals surface area contributed by atoms with E-state index in [-0.39, 0.29) is 17.7 Å². The van der Waals surface area contributed by atoms with Crippen molar-refractivity contribution in [3.63, 3.8) is 0 Å². The number of hydrogen-bond donors (Lipinski definition) is 1. The summed E-state index contributed by atoms with van der Waals surface area (Å²) in [6.07, 6.45) is 0.568. The number of rotatable bonds is 2. The second kappa shape index (κ2) is 5.31. The number of hydrogen-bond acceptors (Lipinski definition) is 5. The Hall–Kier alpha value is -2.41. The van der Waals surface area contributed by atoms with E-state index >= 15 is 0 Å². The summed E-state index contributed by atoms with van der Waals surface area (Å²) in [5.41, 5.74) is 6.85. The minimum Gasteiger partial charge on any atom is -0.441 e. The molecule has 3 heterocycles. The SMILES string of the molecule is Cc1nc2cc(C(=O)N3C[C@@H]4COCC[C@]4(C(N)=O)C3)ccc2o1. The number of carbonyl (C=O) groups excluding carboxylic acids is 2. The molecule has 0 bridgehead atoms. The third kappa shape index (κ3) is 2.19. The normalized spacial score (nSPS) is 26.5. The standard InChI is InChI=1S/C17H19N3O4/c1-10-19-13-6-11(2-3-14(13)24-10)15(21)20-7-12-8-23-5-4-17(12,9-20)16(18)22/h2-3,6,12H,4-5,7-9H2,1H3,(H2,18,22)/t12-,17+/m1/s1. The van der Waals surface area contributed by atoms with Crippen molar-refractivity contribution in [2.24, 2.45) is 17.1 Å². The maximum atomic E-state index is 12.9. The Balaban J connectivity index is 1.63. The molecule has 1 aromatic carbocycles. The molecule has 126 valence electrons. The van der Waals surface area contributed by atoms with E-state index < -0.39 is 5.41 Å². The van der Waals surface area contributed by atoms with Crippen molar-refractivity contribution in [1.29, 1.82) is 0 Å². The van der Waals surface area contributed by atoms with Crippen molar-refractivity contribution in [3.8, 4) is 0 Å². The fourth-order valence-electron chi connectivity index (χ4n) is 3.87. The minimum atomic E-state index is -0.664. The predicted molar refractivity (Wildman–Crippen MR) is 85.2 cm³/mol. The van der Waals surface area contributed by atoms with Gasteiger partial charge in [-0.1, -0.05) is 0 Å². The number of fused-ring (bicyclic) bond motifs is 2. The lowest BCUT2D eigenvalue weighted by Gasteiger charge is -2.34. The van der Waals surface area contributed by atoms with Crippen molar-refractivity contribution in [2.45, 2.75) is 13.3 Å². The molecule has 4 rings (SSSR count). The lowest BCUT2D eigenvalue weighted by molar-refractivity contribution is -0.135. The zero-order valence-electron chi connectivity index (χ0n) is 13.4. The van der Waals surface area contributed by atoms with Gasteiger partial charge >= 0.3 is 0 Å². The molecule has 24 heavy (non-hydrogen) atoms. The molecule has 2 atom stereocenters. The summed E-state index contributed by atoms with van der Waals surface area (Å²) in [7, 11) is 0. The molecule has 1 aromatic heterocycles. The van der Waals surface area contributed by atoms with E-state index in [1.807, 2.05) is 0 Å². The van der Waals surface area contributed by atoms with Crippen LogP contribution in [0.25, 0.3) is 11.1 Å². The Morgan fingerprint density at radius 1 is 1.42 bits per heavy atom. The van der Waals surface area contributed by atoms with Gasteiger partial charge in [0.2, 0.25) is 5.91 Å². The molecule has 2 aromatic rings. The van der Waals surface area contributed by atoms with Gasteiger partial charge in [0.05, 0.1) is 12.0 Å². The van der Waals surface area contributed by atoms with Crippen LogP contribution in [-0.2, 0) is 9.53 Å². The van der Waals surface area contributed by atoms with Gasteiger partial charge in [-0.25, -0.2) is 4.98 Å². The molecule has 0 aliphatic carbocycles. The van der Waals surface area contributed by atoms with Gasteiger partial charge in [0.15, 0.2) is 11.5 Å². The average Bonchev–Trinajstić information content (AvgIpc) is 3.13. The topological polar surface area (TPSA) is 98.7 Å². The fourth-order valence-corrected chi connectivity index (χ4v) is 3.87. The number of oxazole rings is 1. The van der Waals surface area contributed by atoms with Gasteiger partial charge in [-0.05, 0) is 24.6 Å². The van der Waals surface area contributed by atoms with Crippen LogP contribution >= 0.6 is 0 Å². The van der Waals surface area contributed by atoms with E-state index in [0.29, 0.717) is 55.3 Å². The summed E-state index contributed by atoms with van der Waals surface area (Å²) in [6.45, 7) is 3.58. The smallest absolute Gasteiger partial charge is 0.253 e. The highest BCUT2D eigenvalue weighted by Gasteiger charge is 2.53. The van der Waals surface area contributed by atoms with Crippen LogP contribution in [0.2, 0.25) is 0 Å². The van der Waals surface area contributed by atoms with Crippen LogP contribution in [0.4, 0.5) is 0 Å². The number of aryl methyl sites for hydroxylation is 1. The largest absolute Gasteiger partial charge is 0.441 e. The summed E-state index contributed by atoms with van der Waals surface area (Å²) < 4.78 is 10.9. The Morgan fingerprint density at radius 2 is 2.25 bits per heavy atom. The maximum Gasteiger partial charge on any atom is 0.253 e. The quantitative estimate of drug-likeness (QED) is 0.889. The first kappa shape index (κ1) is 15.1. The molecule has 2 saturated heterocycles. The first-order valence-electron chi connectivity index (χ1n) is 8.04. The van der Waals surface area contributed by atoms with Gasteiger partial charge < -0.3 is 19.8 Å². The van der Waals surface area contributed by atoms with E-state index in [9.17, 15) is 9.59 Å². The van der Waals surface area contributed by atoms with Crippen LogP contribution in [0.1, 0.15) is 22.7 Å². The fraction of sp³-hybridized carbons (Fsp3) is 0.471. The van der Waals surface area contributed by atoms with E-state index in [4.69, 9.17) is 14.9 Å². The van der Waals surface area contributed by atoms with Crippen LogP contribution in [0, 0.1) is 18.3 Å². The van der Waals surface area contributed by atoms with Gasteiger partial charge in [-0.2, -0.15) is 0 Å². The van der Waals surface area contributed by atoms with Crippen LogP contribution < -0.4 is 5.73 Å². The predicted octanol–water partition coefficient (Wildman–Crippen LogP) is 1.10. The lowest BCUT2D eigenvalue weighted by Crippen LogP contribution is -2.48. The zero-order chi connectivity index (χ0) is 16.9. The van der Waals surface area contributed by atoms with Crippen molar-refractivity contribution in [3.05, 3.63) is 29.7 Å². The number of amides is 2. The van der Waals surface area contributed by atoms with Crippen molar-refractivity contribution < 1.29 is 18.7 Å². The van der Waals surface area contributed by atoms with Gasteiger partial charge in [0, 0.05) is 38.1 Å². The first-order chi connectivity index (χ1) is 11.5. The Kier molecular flexibility index (Phi) is 3.35. The number of likely N-dealkylation sites (tertiary alicyclic amines) is 1. The molecule has 7 heteroatoms. The van der Waals surface area contributed by atoms with E-state index in [0.717, 1.165) is 0 Å². The van der Waals surface area contributed by atoms with Gasteiger partial charge in [-0.3, -0.25) is 9.59 Å². The number of ether oxygens (including phenoxy) is 1. The second-order valence-corrected chi connectivity index (χ2v) is 6.64. The summed E-state index contributed by atoms with van der Waals surface area (Å²) >= 11 is 0. The Bertz CT molecular complexity index is 830. The molecule has 0 unspecified atom stereocenters. The molecule has 2 aliphatic heterocycles. The molecule has 0 spiro atoms. The molecule has 2 N–H and O–H groups in total. The number of benzene rings is 1. The number of primary amides is 1. The van der Waals surface area contributed by atoms with Gasteiger partial charge in [0.25, 0.3) is 5.91 Å². The monoisotopic (exact) mass is 329 g/mol. The van der Waals surface area contributed by atoms with Crippen molar-refractivity contribution in [1.82, 2.24) is 9.88 Å². The molecule has 2 amide bonds. The molecular formula is C17H19N3O4. The van der Waals surface area contributed by atoms with E-state index in [1.165, 1.54) is 0 Å². The summed E-state index contributed by atoms with van der Waals surface area (Å²) in [6, 6.07) is 5.20. The maximum absolute atomic E-state index is 12.9. The minimum absolute atomic E-state index is 0.0364. The zero-order valence-corrected chi connectivity index (χ0v) is 13.4. The third-order valence-electron chi connectivity index (χ3n) is 5.23. The summed E-state index contributed by atoms with van der Waals surface area (Å²) in [5.74, 6) is 0.0682. The molecule has 2 aliphatic rings. The number of nitrogens with two attached hydrogens (primary N) is 1. The summed E-state index contributed by atoms with van der Waals surface area (Å²) in [4.78, 5) is 30.9. The molecular weight excluding hydrogens is 310 g/mol.